The number of guanidine groups is 1. The van der Waals surface area contributed by atoms with Crippen molar-refractivity contribution in [2.24, 2.45) is 21.9 Å². The van der Waals surface area contributed by atoms with E-state index in [1.54, 1.807) is 0 Å². The summed E-state index contributed by atoms with van der Waals surface area (Å²) in [6.07, 6.45) is 15.7. The van der Waals surface area contributed by atoms with Crippen LogP contribution in [-0.2, 0) is 0 Å². The van der Waals surface area contributed by atoms with E-state index in [9.17, 15) is 0 Å². The smallest absolute Gasteiger partial charge is 0.186 e. The lowest BCUT2D eigenvalue weighted by Gasteiger charge is -2.25. The first-order valence-corrected chi connectivity index (χ1v) is 8.58. The molecule has 4 N–H and O–H groups in total. The fourth-order valence-electron chi connectivity index (χ4n) is 3.28. The van der Waals surface area contributed by atoms with Crippen molar-refractivity contribution in [1.29, 1.82) is 0 Å². The quantitative estimate of drug-likeness (QED) is 0.554. The lowest BCUT2D eigenvalue weighted by Crippen LogP contribution is -2.25. The van der Waals surface area contributed by atoms with Crippen LogP contribution in [0, 0.1) is 5.41 Å². The summed E-state index contributed by atoms with van der Waals surface area (Å²) >= 11 is 0. The summed E-state index contributed by atoms with van der Waals surface area (Å²) in [4.78, 5) is 4.40. The van der Waals surface area contributed by atoms with Gasteiger partial charge in [-0.25, -0.2) is 0 Å². The molecule has 3 heteroatoms. The molecule has 0 unspecified atom stereocenters. The van der Waals surface area contributed by atoms with Crippen molar-refractivity contribution >= 4 is 5.96 Å². The van der Waals surface area contributed by atoms with Crippen LogP contribution in [0.15, 0.2) is 4.99 Å². The molecule has 0 aliphatic heterocycles. The first-order valence-electron chi connectivity index (χ1n) is 8.58. The Labute approximate surface area is 125 Å². The third-order valence-corrected chi connectivity index (χ3v) is 4.61. The molecule has 0 bridgehead atoms. The Morgan fingerprint density at radius 1 is 0.800 bits per heavy atom. The molecule has 118 valence electrons. The first-order chi connectivity index (χ1) is 9.49. The van der Waals surface area contributed by atoms with Gasteiger partial charge in [-0.3, -0.25) is 4.99 Å². The molecule has 1 saturated carbocycles. The highest BCUT2D eigenvalue weighted by molar-refractivity contribution is 5.75. The number of nitrogens with zero attached hydrogens (tertiary/aromatic N) is 1. The summed E-state index contributed by atoms with van der Waals surface area (Å²) in [5.41, 5.74) is 11.6. The van der Waals surface area contributed by atoms with Crippen LogP contribution in [0.4, 0.5) is 0 Å². The van der Waals surface area contributed by atoms with Crippen molar-refractivity contribution in [1.82, 2.24) is 0 Å². The molecule has 0 radical (unpaired) electrons. The largest absolute Gasteiger partial charge is 0.370 e. The SMILES string of the molecule is CC1(C)CCCCCCC(N=C(N)N)CCCCCC1. The molecule has 0 saturated heterocycles. The Kier molecular flexibility index (Phi) is 8.01. The van der Waals surface area contributed by atoms with E-state index in [1.807, 2.05) is 0 Å². The second-order valence-corrected chi connectivity index (χ2v) is 7.28. The van der Waals surface area contributed by atoms with Gasteiger partial charge in [0.05, 0.1) is 6.04 Å². The predicted molar refractivity (Wildman–Crippen MR) is 88.8 cm³/mol. The van der Waals surface area contributed by atoms with E-state index < -0.39 is 0 Å². The molecule has 1 aliphatic rings. The molecule has 20 heavy (non-hydrogen) atoms. The summed E-state index contributed by atoms with van der Waals surface area (Å²) in [6.45, 7) is 4.88. The minimum atomic E-state index is 0.262. The van der Waals surface area contributed by atoms with E-state index in [2.05, 4.69) is 18.8 Å². The molecule has 0 spiro atoms. The number of aliphatic imine (C=N–C) groups is 1. The normalized spacial score (nSPS) is 23.7. The Bertz CT molecular complexity index is 262. The minimum Gasteiger partial charge on any atom is -0.370 e. The van der Waals surface area contributed by atoms with Gasteiger partial charge in [0.25, 0.3) is 0 Å². The summed E-state index contributed by atoms with van der Waals surface area (Å²) in [5.74, 6) is 0.262. The predicted octanol–water partition coefficient (Wildman–Crippen LogP) is 4.35. The molecule has 1 rings (SSSR count). The molecule has 1 aliphatic carbocycles. The molecule has 0 heterocycles. The van der Waals surface area contributed by atoms with Crippen molar-refractivity contribution < 1.29 is 0 Å². The molecular weight excluding hydrogens is 246 g/mol. The average molecular weight is 281 g/mol. The van der Waals surface area contributed by atoms with Gasteiger partial charge in [-0.05, 0) is 31.1 Å². The van der Waals surface area contributed by atoms with Crippen molar-refractivity contribution in [2.45, 2.75) is 96.9 Å². The van der Waals surface area contributed by atoms with Crippen LogP contribution in [0.3, 0.4) is 0 Å². The van der Waals surface area contributed by atoms with E-state index in [-0.39, 0.29) is 5.96 Å². The number of hydrogen-bond donors (Lipinski definition) is 2. The Morgan fingerprint density at radius 3 is 1.70 bits per heavy atom. The third-order valence-electron chi connectivity index (χ3n) is 4.61. The Balaban J connectivity index is 2.42. The molecular formula is C17H35N3. The number of rotatable bonds is 1. The highest BCUT2D eigenvalue weighted by Gasteiger charge is 2.17. The van der Waals surface area contributed by atoms with Gasteiger partial charge in [0.15, 0.2) is 5.96 Å². The van der Waals surface area contributed by atoms with Crippen LogP contribution in [-0.4, -0.2) is 12.0 Å². The van der Waals surface area contributed by atoms with Gasteiger partial charge in [-0.2, -0.15) is 0 Å². The second-order valence-electron chi connectivity index (χ2n) is 7.28. The molecule has 0 aromatic carbocycles. The summed E-state index contributed by atoms with van der Waals surface area (Å²) < 4.78 is 0. The van der Waals surface area contributed by atoms with Crippen molar-refractivity contribution in [3.8, 4) is 0 Å². The lowest BCUT2D eigenvalue weighted by molar-refractivity contribution is 0.280. The van der Waals surface area contributed by atoms with E-state index in [0.717, 1.165) is 12.8 Å². The maximum Gasteiger partial charge on any atom is 0.186 e. The van der Waals surface area contributed by atoms with Gasteiger partial charge >= 0.3 is 0 Å². The maximum absolute atomic E-state index is 5.54. The molecule has 1 fully saturated rings. The van der Waals surface area contributed by atoms with E-state index in [1.165, 1.54) is 64.2 Å². The van der Waals surface area contributed by atoms with Crippen molar-refractivity contribution in [3.63, 3.8) is 0 Å². The summed E-state index contributed by atoms with van der Waals surface area (Å²) in [7, 11) is 0. The highest BCUT2D eigenvalue weighted by atomic mass is 15.0. The Morgan fingerprint density at radius 2 is 1.25 bits per heavy atom. The summed E-state index contributed by atoms with van der Waals surface area (Å²) in [6, 6.07) is 0.361. The standard InChI is InChI=1S/C17H35N3/c1-17(2)13-9-5-3-7-11-15(20-16(18)19)12-8-4-6-10-14-17/h15H,3-14H2,1-2H3,(H4,18,19,20). The zero-order valence-corrected chi connectivity index (χ0v) is 13.7. The Hall–Kier alpha value is -0.730. The van der Waals surface area contributed by atoms with Gasteiger partial charge in [0.1, 0.15) is 0 Å². The van der Waals surface area contributed by atoms with Gasteiger partial charge in [0.2, 0.25) is 0 Å². The molecule has 3 nitrogen and oxygen atoms in total. The van der Waals surface area contributed by atoms with Gasteiger partial charge in [-0.1, -0.05) is 65.2 Å². The maximum atomic E-state index is 5.54. The monoisotopic (exact) mass is 281 g/mol. The zero-order valence-electron chi connectivity index (χ0n) is 13.7. The van der Waals surface area contributed by atoms with Crippen LogP contribution < -0.4 is 11.5 Å². The van der Waals surface area contributed by atoms with Gasteiger partial charge in [-0.15, -0.1) is 0 Å². The molecule has 0 aromatic rings. The molecule has 0 aromatic heterocycles. The van der Waals surface area contributed by atoms with Crippen LogP contribution in [0.25, 0.3) is 0 Å². The fraction of sp³-hybridized carbons (Fsp3) is 0.941. The van der Waals surface area contributed by atoms with Gasteiger partial charge < -0.3 is 11.5 Å². The number of nitrogens with two attached hydrogens (primary N) is 2. The van der Waals surface area contributed by atoms with E-state index in [4.69, 9.17) is 11.5 Å². The second kappa shape index (κ2) is 9.25. The minimum absolute atomic E-state index is 0.262. The molecule has 0 atom stereocenters. The number of hydrogen-bond acceptors (Lipinski definition) is 1. The van der Waals surface area contributed by atoms with Crippen LogP contribution in [0.2, 0.25) is 0 Å². The zero-order chi connectivity index (χ0) is 14.8. The molecule has 0 amide bonds. The fourth-order valence-corrected chi connectivity index (χ4v) is 3.28. The van der Waals surface area contributed by atoms with Crippen molar-refractivity contribution in [2.75, 3.05) is 0 Å². The highest BCUT2D eigenvalue weighted by Crippen LogP contribution is 2.31. The topological polar surface area (TPSA) is 64.4 Å². The first kappa shape index (κ1) is 17.3. The van der Waals surface area contributed by atoms with E-state index in [0.29, 0.717) is 11.5 Å². The van der Waals surface area contributed by atoms with Crippen LogP contribution >= 0.6 is 0 Å². The van der Waals surface area contributed by atoms with Crippen LogP contribution in [0.1, 0.15) is 90.9 Å². The lowest BCUT2D eigenvalue weighted by atomic mass is 9.81. The van der Waals surface area contributed by atoms with Crippen LogP contribution in [0.5, 0.6) is 0 Å². The van der Waals surface area contributed by atoms with Crippen molar-refractivity contribution in [3.05, 3.63) is 0 Å². The third kappa shape index (κ3) is 8.44. The van der Waals surface area contributed by atoms with E-state index >= 15 is 0 Å². The average Bonchev–Trinajstić information content (AvgIpc) is 2.35. The van der Waals surface area contributed by atoms with Gasteiger partial charge in [0, 0.05) is 0 Å². The summed E-state index contributed by atoms with van der Waals surface area (Å²) in [5, 5.41) is 0.